The minimum atomic E-state index is -3.61. The highest BCUT2D eigenvalue weighted by molar-refractivity contribution is 7.89. The number of halogens is 1. The molecule has 2 aromatic carbocycles. The van der Waals surface area contributed by atoms with Crippen molar-refractivity contribution in [2.75, 3.05) is 32.1 Å². The van der Waals surface area contributed by atoms with Crippen LogP contribution in [-0.2, 0) is 14.8 Å². The Morgan fingerprint density at radius 1 is 1.17 bits per heavy atom. The molecule has 1 aliphatic heterocycles. The molecule has 0 spiro atoms. The lowest BCUT2D eigenvalue weighted by molar-refractivity contribution is -0.120. The fraction of sp³-hybridized carbons (Fsp3) is 0.381. The van der Waals surface area contributed by atoms with Crippen molar-refractivity contribution >= 4 is 33.2 Å². The van der Waals surface area contributed by atoms with Crippen LogP contribution in [0.3, 0.4) is 0 Å². The first-order valence-electron chi connectivity index (χ1n) is 9.73. The standard InChI is InChI=1S/C21H25ClN2O5S/c1-3-29-20-18(22)5-4-6-19(20)23-21(25)15-11-13-24(14-12-15)30(26,27)17-9-7-16(28-2)8-10-17/h4-10,15H,3,11-14H2,1-2H3,(H,23,25). The zero-order chi connectivity index (χ0) is 21.7. The number of rotatable bonds is 7. The van der Waals surface area contributed by atoms with Gasteiger partial charge >= 0.3 is 0 Å². The summed E-state index contributed by atoms with van der Waals surface area (Å²) in [5.74, 6) is 0.576. The minimum absolute atomic E-state index is 0.167. The van der Waals surface area contributed by atoms with Crippen LogP contribution in [0.5, 0.6) is 11.5 Å². The predicted molar refractivity (Wildman–Crippen MR) is 116 cm³/mol. The predicted octanol–water partition coefficient (Wildman–Crippen LogP) is 3.79. The first kappa shape index (κ1) is 22.4. The molecule has 1 fully saturated rings. The van der Waals surface area contributed by atoms with Gasteiger partial charge in [-0.25, -0.2) is 8.42 Å². The minimum Gasteiger partial charge on any atom is -0.497 e. The van der Waals surface area contributed by atoms with Crippen LogP contribution in [0.4, 0.5) is 5.69 Å². The number of amides is 1. The smallest absolute Gasteiger partial charge is 0.243 e. The van der Waals surface area contributed by atoms with Crippen LogP contribution < -0.4 is 14.8 Å². The van der Waals surface area contributed by atoms with Gasteiger partial charge in [-0.15, -0.1) is 0 Å². The van der Waals surface area contributed by atoms with Crippen molar-refractivity contribution in [1.29, 1.82) is 0 Å². The second-order valence-electron chi connectivity index (χ2n) is 6.89. The van der Waals surface area contributed by atoms with Gasteiger partial charge in [0.15, 0.2) is 5.75 Å². The molecule has 0 radical (unpaired) electrons. The molecular formula is C21H25ClN2O5S. The van der Waals surface area contributed by atoms with Crippen LogP contribution in [0.1, 0.15) is 19.8 Å². The average Bonchev–Trinajstić information content (AvgIpc) is 2.76. The van der Waals surface area contributed by atoms with Gasteiger partial charge in [0, 0.05) is 19.0 Å². The van der Waals surface area contributed by atoms with Crippen LogP contribution >= 0.6 is 11.6 Å². The number of piperidine rings is 1. The average molecular weight is 453 g/mol. The Labute approximate surface area is 182 Å². The third kappa shape index (κ3) is 4.88. The number of carbonyl (C=O) groups excluding carboxylic acids is 1. The van der Waals surface area contributed by atoms with Crippen molar-refractivity contribution in [3.63, 3.8) is 0 Å². The van der Waals surface area contributed by atoms with Gasteiger partial charge in [-0.05, 0) is 56.2 Å². The van der Waals surface area contributed by atoms with E-state index in [1.807, 2.05) is 6.92 Å². The number of sulfonamides is 1. The summed E-state index contributed by atoms with van der Waals surface area (Å²) in [4.78, 5) is 13.0. The first-order valence-corrected chi connectivity index (χ1v) is 11.5. The molecule has 2 aromatic rings. The monoisotopic (exact) mass is 452 g/mol. The molecule has 7 nitrogen and oxygen atoms in total. The number of methoxy groups -OCH3 is 1. The number of benzene rings is 2. The van der Waals surface area contributed by atoms with E-state index in [0.29, 0.717) is 41.7 Å². The van der Waals surface area contributed by atoms with Gasteiger partial charge in [0.05, 0.1) is 29.3 Å². The summed E-state index contributed by atoms with van der Waals surface area (Å²) in [6, 6.07) is 11.5. The number of anilines is 1. The number of hydrogen-bond acceptors (Lipinski definition) is 5. The normalized spacial score (nSPS) is 15.6. The Hall–Kier alpha value is -2.29. The summed E-state index contributed by atoms with van der Waals surface area (Å²) in [5.41, 5.74) is 0.516. The lowest BCUT2D eigenvalue weighted by atomic mass is 9.97. The topological polar surface area (TPSA) is 84.9 Å². The van der Waals surface area contributed by atoms with Crippen LogP contribution in [-0.4, -0.2) is 45.4 Å². The summed E-state index contributed by atoms with van der Waals surface area (Å²) >= 11 is 6.17. The highest BCUT2D eigenvalue weighted by Crippen LogP contribution is 2.34. The molecule has 1 amide bonds. The van der Waals surface area contributed by atoms with Gasteiger partial charge in [0.25, 0.3) is 0 Å². The molecule has 0 atom stereocenters. The van der Waals surface area contributed by atoms with E-state index in [0.717, 1.165) is 0 Å². The molecule has 0 saturated carbocycles. The van der Waals surface area contributed by atoms with Crippen LogP contribution in [0.25, 0.3) is 0 Å². The fourth-order valence-corrected chi connectivity index (χ4v) is 5.09. The molecule has 0 aromatic heterocycles. The van der Waals surface area contributed by atoms with E-state index < -0.39 is 10.0 Å². The van der Waals surface area contributed by atoms with Crippen molar-refractivity contribution in [2.24, 2.45) is 5.92 Å². The van der Waals surface area contributed by atoms with E-state index >= 15 is 0 Å². The molecule has 30 heavy (non-hydrogen) atoms. The van der Waals surface area contributed by atoms with E-state index in [9.17, 15) is 13.2 Å². The number of nitrogens with zero attached hydrogens (tertiary/aromatic N) is 1. The van der Waals surface area contributed by atoms with Gasteiger partial charge in [-0.2, -0.15) is 4.31 Å². The maximum Gasteiger partial charge on any atom is 0.243 e. The first-order chi connectivity index (χ1) is 14.4. The number of carbonyl (C=O) groups is 1. The molecule has 1 heterocycles. The van der Waals surface area contributed by atoms with Crippen molar-refractivity contribution in [3.8, 4) is 11.5 Å². The molecule has 0 aliphatic carbocycles. The van der Waals surface area contributed by atoms with Crippen molar-refractivity contribution in [2.45, 2.75) is 24.7 Å². The fourth-order valence-electron chi connectivity index (χ4n) is 3.39. The highest BCUT2D eigenvalue weighted by Gasteiger charge is 2.32. The summed E-state index contributed by atoms with van der Waals surface area (Å²) in [6.45, 7) is 2.82. The van der Waals surface area contributed by atoms with E-state index in [1.165, 1.54) is 23.5 Å². The molecule has 1 aliphatic rings. The molecular weight excluding hydrogens is 428 g/mol. The van der Waals surface area contributed by atoms with Crippen LogP contribution in [0, 0.1) is 5.92 Å². The summed E-state index contributed by atoms with van der Waals surface area (Å²) in [5, 5.41) is 3.30. The van der Waals surface area contributed by atoms with E-state index in [-0.39, 0.29) is 29.8 Å². The molecule has 0 unspecified atom stereocenters. The van der Waals surface area contributed by atoms with Gasteiger partial charge in [-0.3, -0.25) is 4.79 Å². The lowest BCUT2D eigenvalue weighted by Crippen LogP contribution is -2.41. The Morgan fingerprint density at radius 2 is 1.83 bits per heavy atom. The third-order valence-corrected chi connectivity index (χ3v) is 7.25. The lowest BCUT2D eigenvalue weighted by Gasteiger charge is -2.30. The quantitative estimate of drug-likeness (QED) is 0.690. The van der Waals surface area contributed by atoms with Crippen molar-refractivity contribution in [3.05, 3.63) is 47.5 Å². The number of ether oxygens (including phenoxy) is 2. The van der Waals surface area contributed by atoms with Gasteiger partial charge in [0.2, 0.25) is 15.9 Å². The second kappa shape index (κ2) is 9.68. The molecule has 3 rings (SSSR count). The SMILES string of the molecule is CCOc1c(Cl)cccc1NC(=O)C1CCN(S(=O)(=O)c2ccc(OC)cc2)CC1. The number of para-hydroxylation sites is 1. The van der Waals surface area contributed by atoms with E-state index in [2.05, 4.69) is 5.32 Å². The van der Waals surface area contributed by atoms with E-state index in [4.69, 9.17) is 21.1 Å². The summed E-state index contributed by atoms with van der Waals surface area (Å²) in [6.07, 6.45) is 0.873. The Morgan fingerprint density at radius 3 is 2.43 bits per heavy atom. The Kier molecular flexibility index (Phi) is 7.23. The van der Waals surface area contributed by atoms with E-state index in [1.54, 1.807) is 30.3 Å². The largest absolute Gasteiger partial charge is 0.497 e. The van der Waals surface area contributed by atoms with Crippen LogP contribution in [0.2, 0.25) is 5.02 Å². The number of hydrogen-bond donors (Lipinski definition) is 1. The molecule has 1 N–H and O–H groups in total. The van der Waals surface area contributed by atoms with Crippen molar-refractivity contribution < 1.29 is 22.7 Å². The summed E-state index contributed by atoms with van der Waals surface area (Å²) in [7, 11) is -2.08. The Balaban J connectivity index is 1.64. The van der Waals surface area contributed by atoms with Gasteiger partial charge in [-0.1, -0.05) is 17.7 Å². The van der Waals surface area contributed by atoms with Crippen molar-refractivity contribution in [1.82, 2.24) is 4.31 Å². The maximum absolute atomic E-state index is 12.9. The zero-order valence-electron chi connectivity index (χ0n) is 16.9. The molecule has 162 valence electrons. The highest BCUT2D eigenvalue weighted by atomic mass is 35.5. The maximum atomic E-state index is 12.9. The number of nitrogens with one attached hydrogen (secondary N) is 1. The zero-order valence-corrected chi connectivity index (χ0v) is 18.5. The van der Waals surface area contributed by atoms with Gasteiger partial charge < -0.3 is 14.8 Å². The van der Waals surface area contributed by atoms with Crippen LogP contribution in [0.15, 0.2) is 47.4 Å². The second-order valence-corrected chi connectivity index (χ2v) is 9.24. The molecule has 0 bridgehead atoms. The molecule has 1 saturated heterocycles. The van der Waals surface area contributed by atoms with Gasteiger partial charge in [0.1, 0.15) is 5.75 Å². The molecule has 9 heteroatoms. The summed E-state index contributed by atoms with van der Waals surface area (Å²) < 4.78 is 37.8. The third-order valence-electron chi connectivity index (χ3n) is 5.04. The Bertz CT molecular complexity index is 987.